The molecule has 5 nitrogen and oxygen atoms in total. The number of rotatable bonds is 4. The van der Waals surface area contributed by atoms with Gasteiger partial charge in [0, 0.05) is 12.3 Å². The van der Waals surface area contributed by atoms with E-state index >= 15 is 0 Å². The number of amides is 2. The summed E-state index contributed by atoms with van der Waals surface area (Å²) in [6.45, 7) is 1.78. The predicted molar refractivity (Wildman–Crippen MR) is 64.5 cm³/mol. The fourth-order valence-electron chi connectivity index (χ4n) is 1.36. The first-order valence-electron chi connectivity index (χ1n) is 5.76. The van der Waals surface area contributed by atoms with E-state index < -0.39 is 0 Å². The van der Waals surface area contributed by atoms with Gasteiger partial charge in [-0.1, -0.05) is 6.92 Å². The summed E-state index contributed by atoms with van der Waals surface area (Å²) in [4.78, 5) is 26.6. The molecule has 0 unspecified atom stereocenters. The van der Waals surface area contributed by atoms with E-state index in [2.05, 4.69) is 15.6 Å². The molecule has 0 spiro atoms. The van der Waals surface area contributed by atoms with Crippen molar-refractivity contribution < 1.29 is 9.59 Å². The molecule has 0 aromatic carbocycles. The van der Waals surface area contributed by atoms with Crippen molar-refractivity contribution in [1.29, 1.82) is 0 Å². The van der Waals surface area contributed by atoms with Gasteiger partial charge in [-0.2, -0.15) is 0 Å². The fourth-order valence-corrected chi connectivity index (χ4v) is 1.36. The van der Waals surface area contributed by atoms with E-state index in [1.165, 1.54) is 0 Å². The summed E-state index contributed by atoms with van der Waals surface area (Å²) in [5.41, 5.74) is 0.663. The maximum Gasteiger partial charge on any atom is 0.227 e. The number of carbonyl (C=O) groups is 2. The maximum atomic E-state index is 11.5. The molecule has 1 fully saturated rings. The van der Waals surface area contributed by atoms with Crippen molar-refractivity contribution in [3.05, 3.63) is 18.3 Å². The Morgan fingerprint density at radius 1 is 1.35 bits per heavy atom. The number of carbonyl (C=O) groups excluding carboxylic acids is 2. The van der Waals surface area contributed by atoms with Crippen molar-refractivity contribution in [2.75, 3.05) is 10.6 Å². The van der Waals surface area contributed by atoms with Crippen molar-refractivity contribution in [3.8, 4) is 0 Å². The Bertz CT molecular complexity index is 424. The van der Waals surface area contributed by atoms with Crippen LogP contribution >= 0.6 is 0 Å². The molecule has 1 aromatic heterocycles. The van der Waals surface area contributed by atoms with Gasteiger partial charge in [-0.15, -0.1) is 0 Å². The van der Waals surface area contributed by atoms with Gasteiger partial charge in [-0.3, -0.25) is 9.59 Å². The van der Waals surface area contributed by atoms with Crippen molar-refractivity contribution in [2.24, 2.45) is 5.92 Å². The Kier molecular flexibility index (Phi) is 3.37. The van der Waals surface area contributed by atoms with Gasteiger partial charge >= 0.3 is 0 Å². The van der Waals surface area contributed by atoms with Gasteiger partial charge in [0.1, 0.15) is 5.82 Å². The van der Waals surface area contributed by atoms with Crippen LogP contribution in [0.15, 0.2) is 18.3 Å². The Labute approximate surface area is 99.6 Å². The van der Waals surface area contributed by atoms with Gasteiger partial charge in [0.25, 0.3) is 0 Å². The lowest BCUT2D eigenvalue weighted by Crippen LogP contribution is -2.14. The van der Waals surface area contributed by atoms with Crippen LogP contribution in [0.25, 0.3) is 0 Å². The van der Waals surface area contributed by atoms with Crippen molar-refractivity contribution in [2.45, 2.75) is 26.2 Å². The summed E-state index contributed by atoms with van der Waals surface area (Å²) in [5, 5.41) is 5.43. The molecular formula is C12H15N3O2. The lowest BCUT2D eigenvalue weighted by atomic mass is 10.3. The third kappa shape index (κ3) is 3.27. The molecule has 1 aliphatic rings. The second-order valence-electron chi connectivity index (χ2n) is 4.10. The molecule has 2 N–H and O–H groups in total. The Morgan fingerprint density at radius 3 is 2.65 bits per heavy atom. The van der Waals surface area contributed by atoms with E-state index in [9.17, 15) is 9.59 Å². The van der Waals surface area contributed by atoms with E-state index in [0.717, 1.165) is 12.8 Å². The molecule has 0 aliphatic heterocycles. The first-order chi connectivity index (χ1) is 8.19. The third-order valence-electron chi connectivity index (χ3n) is 2.57. The zero-order chi connectivity index (χ0) is 12.3. The normalized spacial score (nSPS) is 14.2. The number of anilines is 2. The minimum Gasteiger partial charge on any atom is -0.324 e. The average Bonchev–Trinajstić information content (AvgIpc) is 3.15. The Morgan fingerprint density at radius 2 is 2.12 bits per heavy atom. The molecule has 2 amide bonds. The van der Waals surface area contributed by atoms with E-state index in [1.54, 1.807) is 25.3 Å². The van der Waals surface area contributed by atoms with Crippen LogP contribution in [0.4, 0.5) is 11.5 Å². The van der Waals surface area contributed by atoms with Crippen molar-refractivity contribution >= 4 is 23.3 Å². The Balaban J connectivity index is 1.92. The molecule has 5 heteroatoms. The van der Waals surface area contributed by atoms with Gasteiger partial charge in [-0.25, -0.2) is 4.98 Å². The summed E-state index contributed by atoms with van der Waals surface area (Å²) < 4.78 is 0. The molecular weight excluding hydrogens is 218 g/mol. The van der Waals surface area contributed by atoms with Gasteiger partial charge in [0.2, 0.25) is 11.8 Å². The number of nitrogens with zero attached hydrogens (tertiary/aromatic N) is 1. The predicted octanol–water partition coefficient (Wildman–Crippen LogP) is 1.78. The lowest BCUT2D eigenvalue weighted by Gasteiger charge is -2.05. The Hall–Kier alpha value is -1.91. The van der Waals surface area contributed by atoms with Crippen LogP contribution in [0.5, 0.6) is 0 Å². The van der Waals surface area contributed by atoms with Crippen molar-refractivity contribution in [3.63, 3.8) is 0 Å². The zero-order valence-electron chi connectivity index (χ0n) is 9.69. The van der Waals surface area contributed by atoms with Gasteiger partial charge in [-0.05, 0) is 25.0 Å². The molecule has 0 atom stereocenters. The largest absolute Gasteiger partial charge is 0.324 e. The number of pyridine rings is 1. The minimum absolute atomic E-state index is 0.0529. The minimum atomic E-state index is -0.0766. The molecule has 1 aliphatic carbocycles. The molecule has 90 valence electrons. The van der Waals surface area contributed by atoms with E-state index in [1.807, 2.05) is 0 Å². The van der Waals surface area contributed by atoms with Crippen molar-refractivity contribution in [1.82, 2.24) is 4.98 Å². The van der Waals surface area contributed by atoms with Gasteiger partial charge in [0.05, 0.1) is 11.9 Å². The summed E-state index contributed by atoms with van der Waals surface area (Å²) in [5.74, 6) is 0.653. The molecule has 0 radical (unpaired) electrons. The van der Waals surface area contributed by atoms with E-state index in [-0.39, 0.29) is 17.7 Å². The van der Waals surface area contributed by atoms with Gasteiger partial charge in [0.15, 0.2) is 0 Å². The number of hydrogen-bond donors (Lipinski definition) is 2. The number of nitrogens with one attached hydrogen (secondary N) is 2. The summed E-state index contributed by atoms with van der Waals surface area (Å²) >= 11 is 0. The lowest BCUT2D eigenvalue weighted by molar-refractivity contribution is -0.117. The molecule has 17 heavy (non-hydrogen) atoms. The topological polar surface area (TPSA) is 71.1 Å². The van der Waals surface area contributed by atoms with E-state index in [4.69, 9.17) is 0 Å². The summed E-state index contributed by atoms with van der Waals surface area (Å²) in [7, 11) is 0. The van der Waals surface area contributed by atoms with Crippen LogP contribution < -0.4 is 10.6 Å². The molecule has 1 aromatic rings. The van der Waals surface area contributed by atoms with Crippen LogP contribution in [0.2, 0.25) is 0 Å². The summed E-state index contributed by atoms with van der Waals surface area (Å²) in [6.07, 6.45) is 3.92. The van der Waals surface area contributed by atoms with Crippen LogP contribution in [-0.2, 0) is 9.59 Å². The molecule has 1 saturated carbocycles. The molecule has 0 bridgehead atoms. The summed E-state index contributed by atoms with van der Waals surface area (Å²) in [6, 6.07) is 3.41. The highest BCUT2D eigenvalue weighted by Gasteiger charge is 2.29. The van der Waals surface area contributed by atoms with Crippen LogP contribution in [0, 0.1) is 5.92 Å². The first kappa shape index (κ1) is 11.6. The average molecular weight is 233 g/mol. The van der Waals surface area contributed by atoms with E-state index in [0.29, 0.717) is 17.9 Å². The standard InChI is InChI=1S/C12H15N3O2/c1-2-11(16)15-10-6-5-9(7-13-10)14-12(17)8-3-4-8/h5-8H,2-4H2,1H3,(H,14,17)(H,13,15,16). The van der Waals surface area contributed by atoms with Crippen LogP contribution in [-0.4, -0.2) is 16.8 Å². The SMILES string of the molecule is CCC(=O)Nc1ccc(NC(=O)C2CC2)cn1. The second-order valence-corrected chi connectivity index (χ2v) is 4.10. The highest BCUT2D eigenvalue weighted by molar-refractivity contribution is 5.94. The highest BCUT2D eigenvalue weighted by Crippen LogP contribution is 2.30. The monoisotopic (exact) mass is 233 g/mol. The van der Waals surface area contributed by atoms with Crippen LogP contribution in [0.1, 0.15) is 26.2 Å². The molecule has 1 heterocycles. The zero-order valence-corrected chi connectivity index (χ0v) is 9.69. The quantitative estimate of drug-likeness (QED) is 0.832. The number of aromatic nitrogens is 1. The maximum absolute atomic E-state index is 11.5. The second kappa shape index (κ2) is 4.95. The van der Waals surface area contributed by atoms with Gasteiger partial charge < -0.3 is 10.6 Å². The van der Waals surface area contributed by atoms with Crippen LogP contribution in [0.3, 0.4) is 0 Å². The molecule has 0 saturated heterocycles. The smallest absolute Gasteiger partial charge is 0.227 e. The highest BCUT2D eigenvalue weighted by atomic mass is 16.2. The number of hydrogen-bond acceptors (Lipinski definition) is 3. The third-order valence-corrected chi connectivity index (χ3v) is 2.57. The fraction of sp³-hybridized carbons (Fsp3) is 0.417. The first-order valence-corrected chi connectivity index (χ1v) is 5.76. The molecule has 2 rings (SSSR count).